The number of fused-ring (bicyclic) bond motifs is 1. The van der Waals surface area contributed by atoms with Gasteiger partial charge in [-0.1, -0.05) is 63.2 Å². The predicted molar refractivity (Wildman–Crippen MR) is 148 cm³/mol. The van der Waals surface area contributed by atoms with E-state index in [9.17, 15) is 21.6 Å². The Kier molecular flexibility index (Phi) is 10.2. The van der Waals surface area contributed by atoms with Crippen molar-refractivity contribution in [1.29, 1.82) is 0 Å². The zero-order valence-corrected chi connectivity index (χ0v) is 24.3. The molecule has 3 aromatic rings. The summed E-state index contributed by atoms with van der Waals surface area (Å²) in [5, 5.41) is 7.15. The highest BCUT2D eigenvalue weighted by Crippen LogP contribution is 2.42. The highest BCUT2D eigenvalue weighted by molar-refractivity contribution is 7.89. The minimum atomic E-state index is -5.08. The highest BCUT2D eigenvalue weighted by atomic mass is 32.2. The van der Waals surface area contributed by atoms with Gasteiger partial charge in [-0.2, -0.15) is 13.2 Å². The fourth-order valence-corrected chi connectivity index (χ4v) is 5.52. The molecule has 4 rings (SSSR count). The second-order valence-electron chi connectivity index (χ2n) is 11.3. The first kappa shape index (κ1) is 32.1. The molecule has 0 amide bonds. The summed E-state index contributed by atoms with van der Waals surface area (Å²) in [6.45, 7) is 7.76. The van der Waals surface area contributed by atoms with Crippen molar-refractivity contribution >= 4 is 16.0 Å². The third-order valence-electron chi connectivity index (χ3n) is 6.72. The van der Waals surface area contributed by atoms with Gasteiger partial charge in [0.1, 0.15) is 5.75 Å². The number of benzene rings is 2. The standard InChI is InChI=1S/C27H35N3O3S.C2HF3O2/c1-27(2,3)13-12-22-18-33-25-11-10-21(16-29-34(31,32)26-17-30(4)19-28-26)15-24(25)23(22)14-20-8-6-5-7-9-20;3-2(4,5)1(6)7/h5-11,15,17,19,22-23,29H,12-14,16,18H2,1-4H3;(H,6,7). The van der Waals surface area contributed by atoms with Crippen LogP contribution in [0.15, 0.2) is 66.1 Å². The lowest BCUT2D eigenvalue weighted by Crippen LogP contribution is -2.29. The molecule has 0 spiro atoms. The molecule has 2 N–H and O–H groups in total. The maximum atomic E-state index is 12.6. The van der Waals surface area contributed by atoms with Crippen molar-refractivity contribution < 1.29 is 36.2 Å². The maximum absolute atomic E-state index is 12.6. The SMILES string of the molecule is Cn1cnc(S(=O)(=O)NCc2ccc3c(c2)C(Cc2ccccc2)C(CCC(C)(C)C)CO3)c1.O=C(O)C(F)(F)F. The van der Waals surface area contributed by atoms with E-state index < -0.39 is 22.2 Å². The van der Waals surface area contributed by atoms with Crippen LogP contribution in [0.4, 0.5) is 13.2 Å². The van der Waals surface area contributed by atoms with Gasteiger partial charge in [0, 0.05) is 25.7 Å². The van der Waals surface area contributed by atoms with Gasteiger partial charge in [0.05, 0.1) is 12.9 Å². The normalized spacial score (nSPS) is 17.1. The number of nitrogens with zero attached hydrogens (tertiary/aromatic N) is 2. The number of nitrogens with one attached hydrogen (secondary N) is 1. The Labute approximate surface area is 238 Å². The van der Waals surface area contributed by atoms with Crippen molar-refractivity contribution in [2.24, 2.45) is 18.4 Å². The first-order valence-corrected chi connectivity index (χ1v) is 14.6. The van der Waals surface area contributed by atoms with Crippen molar-refractivity contribution in [1.82, 2.24) is 14.3 Å². The van der Waals surface area contributed by atoms with Gasteiger partial charge < -0.3 is 14.4 Å². The summed E-state index contributed by atoms with van der Waals surface area (Å²) >= 11 is 0. The number of aryl methyl sites for hydroxylation is 1. The average Bonchev–Trinajstić information content (AvgIpc) is 3.34. The Morgan fingerprint density at radius 1 is 1.12 bits per heavy atom. The third kappa shape index (κ3) is 9.60. The second-order valence-corrected chi connectivity index (χ2v) is 13.1. The van der Waals surface area contributed by atoms with Crippen molar-refractivity contribution in [3.05, 3.63) is 77.7 Å². The van der Waals surface area contributed by atoms with E-state index in [1.807, 2.05) is 18.2 Å². The molecule has 2 atom stereocenters. The number of imidazole rings is 1. The van der Waals surface area contributed by atoms with Gasteiger partial charge in [-0.05, 0) is 53.4 Å². The lowest BCUT2D eigenvalue weighted by molar-refractivity contribution is -0.192. The smallest absolute Gasteiger partial charge is 0.490 e. The molecule has 224 valence electrons. The summed E-state index contributed by atoms with van der Waals surface area (Å²) < 4.78 is 67.5. The number of rotatable bonds is 8. The molecule has 2 unspecified atom stereocenters. The zero-order chi connectivity index (χ0) is 30.4. The summed E-state index contributed by atoms with van der Waals surface area (Å²) in [7, 11) is -1.92. The van der Waals surface area contributed by atoms with Crippen LogP contribution in [-0.4, -0.2) is 41.8 Å². The summed E-state index contributed by atoms with van der Waals surface area (Å²) in [6.07, 6.45) is 1.06. The molecule has 12 heteroatoms. The number of alkyl halides is 3. The van der Waals surface area contributed by atoms with Gasteiger partial charge >= 0.3 is 12.1 Å². The van der Waals surface area contributed by atoms with Crippen LogP contribution in [0.2, 0.25) is 0 Å². The molecule has 8 nitrogen and oxygen atoms in total. The van der Waals surface area contributed by atoms with E-state index in [1.54, 1.807) is 11.6 Å². The molecule has 0 radical (unpaired) electrons. The Balaban J connectivity index is 0.000000587. The molecule has 1 aliphatic heterocycles. The molecule has 1 aromatic heterocycles. The van der Waals surface area contributed by atoms with Crippen molar-refractivity contribution in [2.45, 2.75) is 63.7 Å². The number of hydrogen-bond donors (Lipinski definition) is 2. The number of ether oxygens (including phenoxy) is 1. The van der Waals surface area contributed by atoms with Gasteiger partial charge in [-0.3, -0.25) is 0 Å². The molecule has 0 fully saturated rings. The van der Waals surface area contributed by atoms with Crippen molar-refractivity contribution in [3.63, 3.8) is 0 Å². The zero-order valence-electron chi connectivity index (χ0n) is 23.5. The molecule has 0 aliphatic carbocycles. The van der Waals surface area contributed by atoms with Crippen LogP contribution in [0.3, 0.4) is 0 Å². The van der Waals surface area contributed by atoms with Crippen LogP contribution in [0.1, 0.15) is 56.2 Å². The van der Waals surface area contributed by atoms with Gasteiger partial charge in [0.25, 0.3) is 10.0 Å². The van der Waals surface area contributed by atoms with Crippen molar-refractivity contribution in [2.75, 3.05) is 6.61 Å². The van der Waals surface area contributed by atoms with E-state index in [1.165, 1.54) is 23.7 Å². The van der Waals surface area contributed by atoms with Crippen molar-refractivity contribution in [3.8, 4) is 5.75 Å². The van der Waals surface area contributed by atoms with E-state index in [2.05, 4.69) is 60.8 Å². The molecule has 0 saturated carbocycles. The molecular weight excluding hydrogens is 559 g/mol. The maximum Gasteiger partial charge on any atom is 0.490 e. The molecule has 2 heterocycles. The lowest BCUT2D eigenvalue weighted by atomic mass is 9.75. The minimum Gasteiger partial charge on any atom is -0.493 e. The predicted octanol–water partition coefficient (Wildman–Crippen LogP) is 5.69. The minimum absolute atomic E-state index is 0.0282. The fourth-order valence-electron chi connectivity index (χ4n) is 4.52. The summed E-state index contributed by atoms with van der Waals surface area (Å²) in [4.78, 5) is 12.9. The number of hydrogen-bond acceptors (Lipinski definition) is 5. The molecule has 0 bridgehead atoms. The monoisotopic (exact) mass is 595 g/mol. The quantitative estimate of drug-likeness (QED) is 0.346. The van der Waals surface area contributed by atoms with E-state index in [0.29, 0.717) is 18.4 Å². The molecule has 41 heavy (non-hydrogen) atoms. The first-order valence-electron chi connectivity index (χ1n) is 13.1. The number of halogens is 3. The number of sulfonamides is 1. The van der Waals surface area contributed by atoms with E-state index in [0.717, 1.165) is 30.6 Å². The van der Waals surface area contributed by atoms with Gasteiger partial charge in [-0.25, -0.2) is 22.9 Å². The summed E-state index contributed by atoms with van der Waals surface area (Å²) in [5.41, 5.74) is 3.66. The summed E-state index contributed by atoms with van der Waals surface area (Å²) in [6, 6.07) is 16.6. The number of aliphatic carboxylic acids is 1. The molecule has 2 aromatic carbocycles. The largest absolute Gasteiger partial charge is 0.493 e. The Morgan fingerprint density at radius 2 is 1.78 bits per heavy atom. The fraction of sp³-hybridized carbons (Fsp3) is 0.448. The van der Waals surface area contributed by atoms with Crippen LogP contribution >= 0.6 is 0 Å². The van der Waals surface area contributed by atoms with Gasteiger partial charge in [0.15, 0.2) is 5.03 Å². The van der Waals surface area contributed by atoms with E-state index in [-0.39, 0.29) is 17.0 Å². The number of aromatic nitrogens is 2. The van der Waals surface area contributed by atoms with Crippen LogP contribution < -0.4 is 9.46 Å². The van der Waals surface area contributed by atoms with Gasteiger partial charge in [0.2, 0.25) is 0 Å². The highest BCUT2D eigenvalue weighted by Gasteiger charge is 2.38. The second kappa shape index (κ2) is 13.1. The topological polar surface area (TPSA) is 111 Å². The molecular formula is C29H36F3N3O5S. The van der Waals surface area contributed by atoms with E-state index >= 15 is 0 Å². The average molecular weight is 596 g/mol. The molecule has 1 aliphatic rings. The van der Waals surface area contributed by atoms with Crippen LogP contribution in [0, 0.1) is 11.3 Å². The van der Waals surface area contributed by atoms with Crippen LogP contribution in [0.5, 0.6) is 5.75 Å². The Morgan fingerprint density at radius 3 is 2.34 bits per heavy atom. The lowest BCUT2D eigenvalue weighted by Gasteiger charge is -2.35. The van der Waals surface area contributed by atoms with Gasteiger partial charge in [-0.15, -0.1) is 0 Å². The molecule has 0 saturated heterocycles. The van der Waals surface area contributed by atoms with Crippen LogP contribution in [0.25, 0.3) is 0 Å². The Bertz CT molecular complexity index is 1420. The number of carboxylic acids is 1. The third-order valence-corrected chi connectivity index (χ3v) is 8.01. The Hall–Kier alpha value is -3.38. The number of carboxylic acid groups (broad SMARTS) is 1. The van der Waals surface area contributed by atoms with E-state index in [4.69, 9.17) is 14.6 Å². The number of carbonyl (C=O) groups is 1. The summed E-state index contributed by atoms with van der Waals surface area (Å²) in [5.74, 6) is -1.12. The van der Waals surface area contributed by atoms with Crippen LogP contribution in [-0.2, 0) is 34.8 Å². The first-order chi connectivity index (χ1) is 19.0.